The van der Waals surface area contributed by atoms with Gasteiger partial charge in [0.15, 0.2) is 0 Å². The van der Waals surface area contributed by atoms with E-state index in [0.29, 0.717) is 31.6 Å². The first-order valence-electron chi connectivity index (χ1n) is 10.9. The van der Waals surface area contributed by atoms with Crippen molar-refractivity contribution in [3.63, 3.8) is 0 Å². The van der Waals surface area contributed by atoms with Crippen LogP contribution >= 0.6 is 0 Å². The molecule has 3 amide bonds. The molecule has 2 aromatic rings. The Labute approximate surface area is 181 Å². The summed E-state index contributed by atoms with van der Waals surface area (Å²) in [6.45, 7) is 6.90. The SMILES string of the molecule is Cn1nc(C2CCC(=O)NC2=O)c2cccc([C@H]3CCCN(C(=O)OC(C)(C)C)C3)c21. The van der Waals surface area contributed by atoms with Crippen molar-refractivity contribution < 1.29 is 19.1 Å². The maximum atomic E-state index is 12.6. The fourth-order valence-corrected chi connectivity index (χ4v) is 4.66. The number of likely N-dealkylation sites (tertiary alicyclic amines) is 1. The number of fused-ring (bicyclic) bond motifs is 1. The summed E-state index contributed by atoms with van der Waals surface area (Å²) in [6, 6.07) is 6.06. The highest BCUT2D eigenvalue weighted by Gasteiger charge is 2.34. The molecule has 1 aromatic carbocycles. The van der Waals surface area contributed by atoms with Crippen LogP contribution < -0.4 is 5.32 Å². The quantitative estimate of drug-likeness (QED) is 0.745. The minimum Gasteiger partial charge on any atom is -0.444 e. The number of amides is 3. The Morgan fingerprint density at radius 2 is 2.00 bits per heavy atom. The molecule has 1 aromatic heterocycles. The van der Waals surface area contributed by atoms with Crippen LogP contribution in [-0.2, 0) is 21.4 Å². The third-order valence-electron chi connectivity index (χ3n) is 6.01. The molecule has 0 aliphatic carbocycles. The molecule has 2 atom stereocenters. The summed E-state index contributed by atoms with van der Waals surface area (Å²) in [7, 11) is 1.88. The first-order chi connectivity index (χ1) is 14.6. The number of aryl methyl sites for hydroxylation is 1. The van der Waals surface area contributed by atoms with Gasteiger partial charge in [-0.2, -0.15) is 5.10 Å². The topological polar surface area (TPSA) is 93.5 Å². The highest BCUT2D eigenvalue weighted by atomic mass is 16.6. The second-order valence-electron chi connectivity index (χ2n) is 9.52. The number of nitrogens with zero attached hydrogens (tertiary/aromatic N) is 3. The monoisotopic (exact) mass is 426 g/mol. The molecule has 0 bridgehead atoms. The lowest BCUT2D eigenvalue weighted by molar-refractivity contribution is -0.134. The lowest BCUT2D eigenvalue weighted by atomic mass is 9.87. The Kier molecular flexibility index (Phi) is 5.49. The molecule has 1 N–H and O–H groups in total. The minimum atomic E-state index is -0.525. The van der Waals surface area contributed by atoms with Crippen molar-refractivity contribution in [3.05, 3.63) is 29.5 Å². The first-order valence-corrected chi connectivity index (χ1v) is 10.9. The third-order valence-corrected chi connectivity index (χ3v) is 6.01. The molecule has 8 heteroatoms. The van der Waals surface area contributed by atoms with Crippen molar-refractivity contribution in [2.45, 2.75) is 63.9 Å². The number of benzene rings is 1. The van der Waals surface area contributed by atoms with E-state index in [-0.39, 0.29) is 23.8 Å². The second kappa shape index (κ2) is 7.98. The smallest absolute Gasteiger partial charge is 0.410 e. The number of piperidine rings is 2. The zero-order chi connectivity index (χ0) is 22.3. The van der Waals surface area contributed by atoms with Gasteiger partial charge in [-0.3, -0.25) is 19.6 Å². The summed E-state index contributed by atoms with van der Waals surface area (Å²) >= 11 is 0. The number of carbonyl (C=O) groups excluding carboxylic acids is 3. The average Bonchev–Trinajstić information content (AvgIpc) is 3.03. The van der Waals surface area contributed by atoms with Crippen LogP contribution in [0.4, 0.5) is 4.79 Å². The van der Waals surface area contributed by atoms with Crippen LogP contribution in [0.3, 0.4) is 0 Å². The van der Waals surface area contributed by atoms with Crippen LogP contribution in [0.25, 0.3) is 10.9 Å². The summed E-state index contributed by atoms with van der Waals surface area (Å²) in [5.74, 6) is -0.779. The van der Waals surface area contributed by atoms with E-state index in [1.165, 1.54) is 0 Å². The largest absolute Gasteiger partial charge is 0.444 e. The molecule has 0 saturated carbocycles. The summed E-state index contributed by atoms with van der Waals surface area (Å²) in [6.07, 6.45) is 2.38. The van der Waals surface area contributed by atoms with Gasteiger partial charge in [0.1, 0.15) is 5.60 Å². The number of para-hydroxylation sites is 1. The molecule has 31 heavy (non-hydrogen) atoms. The van der Waals surface area contributed by atoms with Crippen LogP contribution in [-0.4, -0.2) is 51.3 Å². The maximum Gasteiger partial charge on any atom is 0.410 e. The number of rotatable bonds is 2. The van der Waals surface area contributed by atoms with E-state index >= 15 is 0 Å². The van der Waals surface area contributed by atoms with E-state index in [9.17, 15) is 14.4 Å². The van der Waals surface area contributed by atoms with Gasteiger partial charge in [-0.05, 0) is 45.6 Å². The average molecular weight is 427 g/mol. The van der Waals surface area contributed by atoms with Gasteiger partial charge in [0.05, 0.1) is 17.1 Å². The Bertz CT molecular complexity index is 1040. The molecule has 166 valence electrons. The zero-order valence-corrected chi connectivity index (χ0v) is 18.6. The van der Waals surface area contributed by atoms with Crippen LogP contribution in [0.1, 0.15) is 69.5 Å². The number of nitrogens with one attached hydrogen (secondary N) is 1. The van der Waals surface area contributed by atoms with Crippen LogP contribution in [0.5, 0.6) is 0 Å². The molecular formula is C23H30N4O4. The predicted octanol–water partition coefficient (Wildman–Crippen LogP) is 3.21. The Hall–Kier alpha value is -2.90. The van der Waals surface area contributed by atoms with E-state index in [0.717, 1.165) is 29.3 Å². The van der Waals surface area contributed by atoms with Gasteiger partial charge < -0.3 is 9.64 Å². The number of carbonyl (C=O) groups is 3. The maximum absolute atomic E-state index is 12.6. The molecule has 4 rings (SSSR count). The van der Waals surface area contributed by atoms with E-state index in [4.69, 9.17) is 4.74 Å². The van der Waals surface area contributed by atoms with Gasteiger partial charge in [0, 0.05) is 37.9 Å². The zero-order valence-electron chi connectivity index (χ0n) is 18.6. The van der Waals surface area contributed by atoms with Gasteiger partial charge in [-0.15, -0.1) is 0 Å². The minimum absolute atomic E-state index is 0.162. The number of imide groups is 1. The van der Waals surface area contributed by atoms with Crippen LogP contribution in [0.15, 0.2) is 18.2 Å². The summed E-state index contributed by atoms with van der Waals surface area (Å²) in [5, 5.41) is 8.05. The van der Waals surface area contributed by atoms with Crippen molar-refractivity contribution in [2.75, 3.05) is 13.1 Å². The molecule has 2 fully saturated rings. The second-order valence-corrected chi connectivity index (χ2v) is 9.52. The summed E-state index contributed by atoms with van der Waals surface area (Å²) < 4.78 is 7.40. The standard InChI is InChI=1S/C23H30N4O4/c1-23(2,3)31-22(30)27-12-6-7-14(13-27)15-8-5-9-16-19(25-26(4)20(15)16)17-10-11-18(28)24-21(17)29/h5,8-9,14,17H,6-7,10-13H2,1-4H3,(H,24,28,29)/t14-,17?/m0/s1. The number of hydrogen-bond donors (Lipinski definition) is 1. The van der Waals surface area contributed by atoms with Gasteiger partial charge in [0.25, 0.3) is 0 Å². The highest BCUT2D eigenvalue weighted by molar-refractivity contribution is 6.02. The number of ether oxygens (including phenoxy) is 1. The normalized spacial score (nSPS) is 22.5. The van der Waals surface area contributed by atoms with Crippen molar-refractivity contribution in [1.82, 2.24) is 20.0 Å². The molecule has 0 spiro atoms. The van der Waals surface area contributed by atoms with Gasteiger partial charge in [-0.1, -0.05) is 18.2 Å². The van der Waals surface area contributed by atoms with Crippen LogP contribution in [0, 0.1) is 0 Å². The van der Waals surface area contributed by atoms with Crippen molar-refractivity contribution >= 4 is 28.8 Å². The molecule has 1 unspecified atom stereocenters. The van der Waals surface area contributed by atoms with Gasteiger partial charge in [-0.25, -0.2) is 4.79 Å². The number of hydrogen-bond acceptors (Lipinski definition) is 5. The lowest BCUT2D eigenvalue weighted by Gasteiger charge is -2.34. The van der Waals surface area contributed by atoms with E-state index < -0.39 is 11.5 Å². The Morgan fingerprint density at radius 3 is 2.71 bits per heavy atom. The van der Waals surface area contributed by atoms with E-state index in [1.807, 2.05) is 44.6 Å². The molecular weight excluding hydrogens is 396 g/mol. The highest BCUT2D eigenvalue weighted by Crippen LogP contribution is 2.36. The molecule has 2 aliphatic rings. The fraction of sp³-hybridized carbons (Fsp3) is 0.565. The Balaban J connectivity index is 1.64. The van der Waals surface area contributed by atoms with Crippen LogP contribution in [0.2, 0.25) is 0 Å². The van der Waals surface area contributed by atoms with Crippen molar-refractivity contribution in [2.24, 2.45) is 7.05 Å². The number of aromatic nitrogens is 2. The van der Waals surface area contributed by atoms with E-state index in [2.05, 4.69) is 16.5 Å². The van der Waals surface area contributed by atoms with Gasteiger partial charge >= 0.3 is 6.09 Å². The molecule has 2 saturated heterocycles. The van der Waals surface area contributed by atoms with Crippen molar-refractivity contribution in [1.29, 1.82) is 0 Å². The lowest BCUT2D eigenvalue weighted by Crippen LogP contribution is -2.42. The summed E-state index contributed by atoms with van der Waals surface area (Å²) in [4.78, 5) is 38.4. The first kappa shape index (κ1) is 21.3. The van der Waals surface area contributed by atoms with Crippen molar-refractivity contribution in [3.8, 4) is 0 Å². The third kappa shape index (κ3) is 4.29. The molecule has 8 nitrogen and oxygen atoms in total. The molecule has 0 radical (unpaired) electrons. The van der Waals surface area contributed by atoms with Gasteiger partial charge in [0.2, 0.25) is 11.8 Å². The Morgan fingerprint density at radius 1 is 1.23 bits per heavy atom. The molecule has 2 aliphatic heterocycles. The predicted molar refractivity (Wildman–Crippen MR) is 116 cm³/mol. The fourth-order valence-electron chi connectivity index (χ4n) is 4.66. The summed E-state index contributed by atoms with van der Waals surface area (Å²) in [5.41, 5.74) is 2.30. The van der Waals surface area contributed by atoms with E-state index in [1.54, 1.807) is 4.90 Å². The molecule has 3 heterocycles.